The van der Waals surface area contributed by atoms with Crippen LogP contribution in [0.3, 0.4) is 0 Å². The van der Waals surface area contributed by atoms with Crippen LogP contribution < -0.4 is 0 Å². The van der Waals surface area contributed by atoms with Gasteiger partial charge in [-0.1, -0.05) is 48.2 Å². The number of carbonyl (C=O) groups excluding carboxylic acids is 2. The molecule has 0 saturated heterocycles. The lowest BCUT2D eigenvalue weighted by molar-refractivity contribution is -0.145. The lowest BCUT2D eigenvalue weighted by Gasteiger charge is -2.35. The third-order valence-electron chi connectivity index (χ3n) is 4.42. The van der Waals surface area contributed by atoms with Crippen LogP contribution >= 0.6 is 15.9 Å². The fourth-order valence-electron chi connectivity index (χ4n) is 3.15. The van der Waals surface area contributed by atoms with Crippen LogP contribution in [-0.2, 0) is 9.53 Å². The van der Waals surface area contributed by atoms with E-state index in [1.807, 2.05) is 36.1 Å². The van der Waals surface area contributed by atoms with Gasteiger partial charge in [0.15, 0.2) is 0 Å². The van der Waals surface area contributed by atoms with Gasteiger partial charge >= 0.3 is 5.97 Å². The third-order valence-corrected chi connectivity index (χ3v) is 4.92. The topological polar surface area (TPSA) is 46.6 Å². The van der Waals surface area contributed by atoms with Crippen molar-refractivity contribution in [1.82, 2.24) is 4.90 Å². The van der Waals surface area contributed by atoms with Gasteiger partial charge < -0.3 is 9.64 Å². The summed E-state index contributed by atoms with van der Waals surface area (Å²) >= 11 is 3.42. The first-order valence-electron chi connectivity index (χ1n) is 8.17. The molecule has 1 atom stereocenters. The lowest BCUT2D eigenvalue weighted by atomic mass is 9.93. The van der Waals surface area contributed by atoms with Gasteiger partial charge in [-0.2, -0.15) is 0 Å². The molecule has 1 aromatic rings. The molecule has 2 rings (SSSR count). The number of rotatable bonds is 5. The molecule has 1 aliphatic carbocycles. The van der Waals surface area contributed by atoms with E-state index in [0.29, 0.717) is 12.1 Å². The van der Waals surface area contributed by atoms with E-state index in [0.717, 1.165) is 30.2 Å². The maximum absolute atomic E-state index is 13.0. The predicted molar refractivity (Wildman–Crippen MR) is 93.2 cm³/mol. The zero-order valence-electron chi connectivity index (χ0n) is 13.8. The highest BCUT2D eigenvalue weighted by molar-refractivity contribution is 9.10. The van der Waals surface area contributed by atoms with Crippen molar-refractivity contribution in [3.8, 4) is 0 Å². The second-order valence-corrected chi connectivity index (χ2v) is 7.10. The fraction of sp³-hybridized carbons (Fsp3) is 0.556. The Balaban J connectivity index is 2.21. The van der Waals surface area contributed by atoms with Crippen molar-refractivity contribution >= 4 is 27.8 Å². The van der Waals surface area contributed by atoms with Gasteiger partial charge in [0.25, 0.3) is 5.91 Å². The molecule has 0 spiro atoms. The number of carbonyl (C=O) groups is 2. The number of hydrogen-bond acceptors (Lipinski definition) is 3. The van der Waals surface area contributed by atoms with Crippen LogP contribution in [0, 0.1) is 5.92 Å². The minimum absolute atomic E-state index is 0.00560. The summed E-state index contributed by atoms with van der Waals surface area (Å²) in [7, 11) is 1.39. The van der Waals surface area contributed by atoms with Gasteiger partial charge in [0, 0.05) is 22.6 Å². The summed E-state index contributed by atoms with van der Waals surface area (Å²) in [4.78, 5) is 26.6. The van der Waals surface area contributed by atoms with Gasteiger partial charge in [0.2, 0.25) is 0 Å². The van der Waals surface area contributed by atoms with Crippen LogP contribution in [0.4, 0.5) is 0 Å². The van der Waals surface area contributed by atoms with E-state index in [9.17, 15) is 9.59 Å². The summed E-state index contributed by atoms with van der Waals surface area (Å²) in [6, 6.07) is 7.63. The summed E-state index contributed by atoms with van der Waals surface area (Å²) in [5.74, 6) is -0.597. The van der Waals surface area contributed by atoms with Crippen molar-refractivity contribution in [3.63, 3.8) is 0 Å². The van der Waals surface area contributed by atoms with Crippen molar-refractivity contribution in [2.45, 2.75) is 45.1 Å². The van der Waals surface area contributed by atoms with Crippen LogP contribution in [0.1, 0.15) is 49.4 Å². The average Bonchev–Trinajstić information content (AvgIpc) is 2.58. The molecule has 0 heterocycles. The van der Waals surface area contributed by atoms with E-state index in [2.05, 4.69) is 15.9 Å². The maximum atomic E-state index is 13.0. The summed E-state index contributed by atoms with van der Waals surface area (Å²) in [6.45, 7) is 2.22. The van der Waals surface area contributed by atoms with Gasteiger partial charge in [0.05, 0.1) is 13.0 Å². The average molecular weight is 382 g/mol. The largest absolute Gasteiger partial charge is 0.469 e. The molecule has 0 N–H and O–H groups in total. The van der Waals surface area contributed by atoms with E-state index in [4.69, 9.17) is 4.74 Å². The highest BCUT2D eigenvalue weighted by Crippen LogP contribution is 2.25. The smallest absolute Gasteiger partial charge is 0.310 e. The number of nitrogens with zero attached hydrogens (tertiary/aromatic N) is 1. The van der Waals surface area contributed by atoms with Gasteiger partial charge in [-0.25, -0.2) is 0 Å². The Kier molecular flexibility index (Phi) is 6.63. The van der Waals surface area contributed by atoms with E-state index >= 15 is 0 Å². The third kappa shape index (κ3) is 4.80. The van der Waals surface area contributed by atoms with Crippen LogP contribution in [0.2, 0.25) is 0 Å². The van der Waals surface area contributed by atoms with Crippen molar-refractivity contribution < 1.29 is 14.3 Å². The second-order valence-electron chi connectivity index (χ2n) is 6.18. The zero-order chi connectivity index (χ0) is 16.8. The Bertz CT molecular complexity index is 555. The van der Waals surface area contributed by atoms with Crippen LogP contribution in [0.5, 0.6) is 0 Å². The van der Waals surface area contributed by atoms with Crippen molar-refractivity contribution in [1.29, 1.82) is 0 Å². The summed E-state index contributed by atoms with van der Waals surface area (Å²) in [6.07, 6.45) is 5.52. The molecule has 1 aliphatic rings. The number of benzene rings is 1. The van der Waals surface area contributed by atoms with Crippen LogP contribution in [0.15, 0.2) is 28.7 Å². The summed E-state index contributed by atoms with van der Waals surface area (Å²) in [5, 5.41) is 0. The van der Waals surface area contributed by atoms with Gasteiger partial charge in [-0.3, -0.25) is 9.59 Å². The standard InChI is InChI=1S/C18H24BrNO3/c1-13(18(22)23-2)12-20(16-9-4-3-5-10-16)17(21)14-7-6-8-15(19)11-14/h6-8,11,13,16H,3-5,9-10,12H2,1-2H3. The molecule has 5 heteroatoms. The Morgan fingerprint density at radius 2 is 2.00 bits per heavy atom. The first kappa shape index (κ1) is 18.0. The summed E-state index contributed by atoms with van der Waals surface area (Å²) in [5.41, 5.74) is 0.655. The number of esters is 1. The highest BCUT2D eigenvalue weighted by atomic mass is 79.9. The van der Waals surface area contributed by atoms with Gasteiger partial charge in [-0.05, 0) is 31.0 Å². The first-order valence-corrected chi connectivity index (χ1v) is 8.96. The van der Waals surface area contributed by atoms with E-state index < -0.39 is 0 Å². The lowest BCUT2D eigenvalue weighted by Crippen LogP contribution is -2.45. The van der Waals surface area contributed by atoms with Crippen molar-refractivity contribution in [2.75, 3.05) is 13.7 Å². The van der Waals surface area contributed by atoms with Gasteiger partial charge in [0.1, 0.15) is 0 Å². The van der Waals surface area contributed by atoms with Crippen molar-refractivity contribution in [2.24, 2.45) is 5.92 Å². The van der Waals surface area contributed by atoms with E-state index in [1.54, 1.807) is 0 Å². The highest BCUT2D eigenvalue weighted by Gasteiger charge is 2.29. The van der Waals surface area contributed by atoms with E-state index in [-0.39, 0.29) is 23.8 Å². The molecular formula is C18H24BrNO3. The molecule has 4 nitrogen and oxygen atoms in total. The normalized spacial score (nSPS) is 16.7. The fourth-order valence-corrected chi connectivity index (χ4v) is 3.55. The molecular weight excluding hydrogens is 358 g/mol. The molecule has 0 aromatic heterocycles. The first-order chi connectivity index (χ1) is 11.0. The van der Waals surface area contributed by atoms with Crippen molar-refractivity contribution in [3.05, 3.63) is 34.3 Å². The maximum Gasteiger partial charge on any atom is 0.310 e. The number of ether oxygens (including phenoxy) is 1. The number of hydrogen-bond donors (Lipinski definition) is 0. The molecule has 0 aliphatic heterocycles. The Morgan fingerprint density at radius 3 is 2.61 bits per heavy atom. The Labute approximate surface area is 146 Å². The molecule has 0 bridgehead atoms. The van der Waals surface area contributed by atoms with E-state index in [1.165, 1.54) is 13.5 Å². The molecule has 1 saturated carbocycles. The minimum atomic E-state index is -0.321. The zero-order valence-corrected chi connectivity index (χ0v) is 15.3. The molecule has 0 radical (unpaired) electrons. The van der Waals surface area contributed by atoms with Crippen LogP contribution in [-0.4, -0.2) is 36.5 Å². The molecule has 126 valence electrons. The van der Waals surface area contributed by atoms with Crippen LogP contribution in [0.25, 0.3) is 0 Å². The molecule has 1 amide bonds. The predicted octanol–water partition coefficient (Wildman–Crippen LogP) is 4.03. The minimum Gasteiger partial charge on any atom is -0.469 e. The quantitative estimate of drug-likeness (QED) is 0.723. The molecule has 23 heavy (non-hydrogen) atoms. The number of halogens is 1. The summed E-state index contributed by atoms with van der Waals surface area (Å²) < 4.78 is 5.70. The molecule has 1 unspecified atom stereocenters. The monoisotopic (exact) mass is 381 g/mol. The molecule has 1 aromatic carbocycles. The second kappa shape index (κ2) is 8.48. The SMILES string of the molecule is COC(=O)C(C)CN(C(=O)c1cccc(Br)c1)C1CCCCC1. The Morgan fingerprint density at radius 1 is 1.30 bits per heavy atom. The van der Waals surface area contributed by atoms with Gasteiger partial charge in [-0.15, -0.1) is 0 Å². The molecule has 1 fully saturated rings. The number of methoxy groups -OCH3 is 1. The number of amides is 1. The Hall–Kier alpha value is -1.36.